The van der Waals surface area contributed by atoms with Crippen LogP contribution >= 0.6 is 15.9 Å². The second-order valence-corrected chi connectivity index (χ2v) is 6.72. The Hall–Kier alpha value is -1.85. The zero-order chi connectivity index (χ0) is 16.8. The minimum absolute atomic E-state index is 0.108. The molecule has 1 heterocycles. The smallest absolute Gasteiger partial charge is 0.253 e. The average molecular weight is 389 g/mol. The third-order valence-electron chi connectivity index (χ3n) is 4.15. The molecule has 1 fully saturated rings. The fourth-order valence-corrected chi connectivity index (χ4v) is 3.19. The molecule has 24 heavy (non-hydrogen) atoms. The van der Waals surface area contributed by atoms with Gasteiger partial charge in [-0.3, -0.25) is 9.69 Å². The molecule has 0 spiro atoms. The summed E-state index contributed by atoms with van der Waals surface area (Å²) in [5.74, 6) is 1.01. The van der Waals surface area contributed by atoms with Crippen molar-refractivity contribution >= 4 is 21.8 Å². The molecule has 2 aromatic carbocycles. The van der Waals surface area contributed by atoms with Crippen LogP contribution in [0.4, 0.5) is 0 Å². The van der Waals surface area contributed by atoms with Crippen LogP contribution in [0.2, 0.25) is 0 Å². The SMILES string of the molecule is O=C(c1cccc(Br)c1)N1CCN(CCOc2ccccc2)CC1. The Morgan fingerprint density at radius 3 is 2.46 bits per heavy atom. The first-order valence-corrected chi connectivity index (χ1v) is 8.97. The molecular weight excluding hydrogens is 368 g/mol. The van der Waals surface area contributed by atoms with Crippen molar-refractivity contribution in [2.24, 2.45) is 0 Å². The number of hydrogen-bond acceptors (Lipinski definition) is 3. The Labute approximate surface area is 151 Å². The Morgan fingerprint density at radius 2 is 1.75 bits per heavy atom. The maximum absolute atomic E-state index is 12.5. The molecule has 1 amide bonds. The number of rotatable bonds is 5. The summed E-state index contributed by atoms with van der Waals surface area (Å²) in [5, 5.41) is 0. The number of carbonyl (C=O) groups is 1. The molecule has 2 aromatic rings. The molecule has 0 bridgehead atoms. The van der Waals surface area contributed by atoms with E-state index in [1.807, 2.05) is 59.5 Å². The summed E-state index contributed by atoms with van der Waals surface area (Å²) in [5.41, 5.74) is 0.741. The Kier molecular flexibility index (Phi) is 5.88. The highest BCUT2D eigenvalue weighted by molar-refractivity contribution is 9.10. The summed E-state index contributed by atoms with van der Waals surface area (Å²) in [6, 6.07) is 17.4. The van der Waals surface area contributed by atoms with Crippen molar-refractivity contribution in [1.29, 1.82) is 0 Å². The van der Waals surface area contributed by atoms with Crippen LogP contribution in [0.1, 0.15) is 10.4 Å². The molecule has 0 aliphatic carbocycles. The number of piperazine rings is 1. The number of nitrogens with zero attached hydrogens (tertiary/aromatic N) is 2. The van der Waals surface area contributed by atoms with Crippen molar-refractivity contribution in [1.82, 2.24) is 9.80 Å². The van der Waals surface area contributed by atoms with Gasteiger partial charge in [0.1, 0.15) is 12.4 Å². The lowest BCUT2D eigenvalue weighted by Crippen LogP contribution is -2.49. The topological polar surface area (TPSA) is 32.8 Å². The standard InChI is InChI=1S/C19H21BrN2O2/c20-17-6-4-5-16(15-17)19(23)22-11-9-21(10-12-22)13-14-24-18-7-2-1-3-8-18/h1-8,15H,9-14H2. The van der Waals surface area contributed by atoms with Gasteiger partial charge in [-0.2, -0.15) is 0 Å². The van der Waals surface area contributed by atoms with E-state index in [2.05, 4.69) is 20.8 Å². The summed E-state index contributed by atoms with van der Waals surface area (Å²) in [7, 11) is 0. The van der Waals surface area contributed by atoms with E-state index in [4.69, 9.17) is 4.74 Å². The largest absolute Gasteiger partial charge is 0.492 e. The molecule has 5 heteroatoms. The molecule has 126 valence electrons. The normalized spacial score (nSPS) is 15.3. The highest BCUT2D eigenvalue weighted by Gasteiger charge is 2.22. The van der Waals surface area contributed by atoms with Gasteiger partial charge in [0.05, 0.1) is 0 Å². The van der Waals surface area contributed by atoms with Gasteiger partial charge in [0, 0.05) is 42.8 Å². The van der Waals surface area contributed by atoms with Crippen LogP contribution in [0.5, 0.6) is 5.75 Å². The van der Waals surface area contributed by atoms with E-state index in [1.165, 1.54) is 0 Å². The van der Waals surface area contributed by atoms with Crippen LogP contribution in [0.3, 0.4) is 0 Å². The van der Waals surface area contributed by atoms with Crippen molar-refractivity contribution in [2.45, 2.75) is 0 Å². The first-order valence-electron chi connectivity index (χ1n) is 8.17. The summed E-state index contributed by atoms with van der Waals surface area (Å²) in [6.45, 7) is 4.85. The zero-order valence-electron chi connectivity index (χ0n) is 13.5. The van der Waals surface area contributed by atoms with E-state index < -0.39 is 0 Å². The second kappa shape index (κ2) is 8.31. The van der Waals surface area contributed by atoms with Crippen LogP contribution in [-0.2, 0) is 0 Å². The predicted molar refractivity (Wildman–Crippen MR) is 98.4 cm³/mol. The van der Waals surface area contributed by atoms with Gasteiger partial charge in [0.25, 0.3) is 5.91 Å². The van der Waals surface area contributed by atoms with E-state index >= 15 is 0 Å². The molecule has 0 saturated carbocycles. The molecule has 0 N–H and O–H groups in total. The molecule has 1 saturated heterocycles. The van der Waals surface area contributed by atoms with Crippen molar-refractivity contribution in [2.75, 3.05) is 39.3 Å². The van der Waals surface area contributed by atoms with Gasteiger partial charge in [0.15, 0.2) is 0 Å². The number of ether oxygens (including phenoxy) is 1. The first-order chi connectivity index (χ1) is 11.7. The van der Waals surface area contributed by atoms with Crippen molar-refractivity contribution in [3.8, 4) is 5.75 Å². The number of hydrogen-bond donors (Lipinski definition) is 0. The fourth-order valence-electron chi connectivity index (χ4n) is 2.79. The first kappa shape index (κ1) is 17.0. The second-order valence-electron chi connectivity index (χ2n) is 5.81. The lowest BCUT2D eigenvalue weighted by molar-refractivity contribution is 0.0620. The molecule has 1 aliphatic heterocycles. The molecule has 0 unspecified atom stereocenters. The third kappa shape index (κ3) is 4.58. The van der Waals surface area contributed by atoms with Gasteiger partial charge in [-0.05, 0) is 30.3 Å². The average Bonchev–Trinajstić information content (AvgIpc) is 2.63. The van der Waals surface area contributed by atoms with Crippen molar-refractivity contribution < 1.29 is 9.53 Å². The molecule has 0 radical (unpaired) electrons. The van der Waals surface area contributed by atoms with Gasteiger partial charge in [-0.25, -0.2) is 0 Å². The summed E-state index contributed by atoms with van der Waals surface area (Å²) in [4.78, 5) is 16.8. The summed E-state index contributed by atoms with van der Waals surface area (Å²) < 4.78 is 6.67. The summed E-state index contributed by atoms with van der Waals surface area (Å²) >= 11 is 3.42. The molecule has 0 aromatic heterocycles. The predicted octanol–water partition coefficient (Wildman–Crippen LogP) is 3.29. The zero-order valence-corrected chi connectivity index (χ0v) is 15.1. The Balaban J connectivity index is 1.43. The lowest BCUT2D eigenvalue weighted by atomic mass is 10.2. The van der Waals surface area contributed by atoms with E-state index in [1.54, 1.807) is 0 Å². The fraction of sp³-hybridized carbons (Fsp3) is 0.316. The van der Waals surface area contributed by atoms with Crippen molar-refractivity contribution in [3.05, 3.63) is 64.6 Å². The quantitative estimate of drug-likeness (QED) is 0.787. The molecule has 0 atom stereocenters. The number of carbonyl (C=O) groups excluding carboxylic acids is 1. The molecule has 4 nitrogen and oxygen atoms in total. The highest BCUT2D eigenvalue weighted by atomic mass is 79.9. The van der Waals surface area contributed by atoms with E-state index in [0.717, 1.165) is 48.5 Å². The van der Waals surface area contributed by atoms with Gasteiger partial charge < -0.3 is 9.64 Å². The molecular formula is C19H21BrN2O2. The maximum Gasteiger partial charge on any atom is 0.253 e. The minimum atomic E-state index is 0.108. The maximum atomic E-state index is 12.5. The van der Waals surface area contributed by atoms with Gasteiger partial charge in [-0.1, -0.05) is 40.2 Å². The lowest BCUT2D eigenvalue weighted by Gasteiger charge is -2.34. The van der Waals surface area contributed by atoms with Crippen LogP contribution in [0.15, 0.2) is 59.1 Å². The van der Waals surface area contributed by atoms with Gasteiger partial charge in [0.2, 0.25) is 0 Å². The monoisotopic (exact) mass is 388 g/mol. The van der Waals surface area contributed by atoms with Gasteiger partial charge in [-0.15, -0.1) is 0 Å². The van der Waals surface area contributed by atoms with E-state index in [0.29, 0.717) is 6.61 Å². The molecule has 1 aliphatic rings. The highest BCUT2D eigenvalue weighted by Crippen LogP contribution is 2.15. The van der Waals surface area contributed by atoms with Gasteiger partial charge >= 0.3 is 0 Å². The van der Waals surface area contributed by atoms with Crippen LogP contribution in [0, 0.1) is 0 Å². The number of halogens is 1. The summed E-state index contributed by atoms with van der Waals surface area (Å²) in [6.07, 6.45) is 0. The van der Waals surface area contributed by atoms with Crippen LogP contribution in [0.25, 0.3) is 0 Å². The van der Waals surface area contributed by atoms with Crippen molar-refractivity contribution in [3.63, 3.8) is 0 Å². The Bertz CT molecular complexity index is 670. The number of benzene rings is 2. The number of amides is 1. The Morgan fingerprint density at radius 1 is 1.00 bits per heavy atom. The molecule has 3 rings (SSSR count). The third-order valence-corrected chi connectivity index (χ3v) is 4.64. The van der Waals surface area contributed by atoms with E-state index in [9.17, 15) is 4.79 Å². The van der Waals surface area contributed by atoms with Crippen LogP contribution in [-0.4, -0.2) is 55.0 Å². The van der Waals surface area contributed by atoms with Crippen LogP contribution < -0.4 is 4.74 Å². The minimum Gasteiger partial charge on any atom is -0.492 e. The number of para-hydroxylation sites is 1. The van der Waals surface area contributed by atoms with E-state index in [-0.39, 0.29) is 5.91 Å².